The Labute approximate surface area is 123 Å². The largest absolute Gasteiger partial charge is 0.458 e. The summed E-state index contributed by atoms with van der Waals surface area (Å²) in [4.78, 5) is 0. The Kier molecular flexibility index (Phi) is 3.97. The van der Waals surface area contributed by atoms with Crippen molar-refractivity contribution >= 4 is 11.6 Å². The van der Waals surface area contributed by atoms with E-state index in [-0.39, 0.29) is 5.56 Å². The highest BCUT2D eigenvalue weighted by atomic mass is 35.5. The maximum Gasteiger partial charge on any atom is 0.458 e. The number of benzene rings is 2. The van der Waals surface area contributed by atoms with Gasteiger partial charge in [-0.1, -0.05) is 29.8 Å². The predicted octanol–water partition coefficient (Wildman–Crippen LogP) is 5.77. The van der Waals surface area contributed by atoms with Gasteiger partial charge in [-0.3, -0.25) is 0 Å². The minimum atomic E-state index is -5.64. The van der Waals surface area contributed by atoms with Gasteiger partial charge < -0.3 is 0 Å². The molecule has 0 N–H and O–H groups in total. The second-order valence-corrected chi connectivity index (χ2v) is 4.95. The summed E-state index contributed by atoms with van der Waals surface area (Å²) in [6.45, 7) is 1.67. The summed E-state index contributed by atoms with van der Waals surface area (Å²) >= 11 is 5.81. The number of hydrogen-bond donors (Lipinski definition) is 0. The molecule has 0 aliphatic heterocycles. The molecule has 2 aromatic carbocycles. The third-order valence-corrected chi connectivity index (χ3v) is 3.22. The van der Waals surface area contributed by atoms with Crippen LogP contribution in [0.25, 0.3) is 11.1 Å². The van der Waals surface area contributed by atoms with Crippen molar-refractivity contribution < 1.29 is 22.0 Å². The fraction of sp³-hybridized carbons (Fsp3) is 0.200. The molecule has 0 unspecified atom stereocenters. The molecule has 0 saturated heterocycles. The van der Waals surface area contributed by atoms with Gasteiger partial charge in [-0.05, 0) is 47.9 Å². The van der Waals surface area contributed by atoms with Crippen LogP contribution in [0.4, 0.5) is 22.0 Å². The summed E-state index contributed by atoms with van der Waals surface area (Å²) in [5.74, 6) is -4.90. The van der Waals surface area contributed by atoms with Crippen molar-refractivity contribution in [1.82, 2.24) is 0 Å². The van der Waals surface area contributed by atoms with E-state index in [1.165, 1.54) is 18.2 Å². The highest BCUT2D eigenvalue weighted by Crippen LogP contribution is 2.44. The van der Waals surface area contributed by atoms with Gasteiger partial charge in [0.1, 0.15) is 0 Å². The summed E-state index contributed by atoms with van der Waals surface area (Å²) in [6, 6.07) is 9.98. The van der Waals surface area contributed by atoms with Crippen LogP contribution < -0.4 is 0 Å². The molecule has 6 heteroatoms. The van der Waals surface area contributed by atoms with Crippen molar-refractivity contribution in [3.8, 4) is 11.1 Å². The molecule has 2 aromatic rings. The number of hydrogen-bond acceptors (Lipinski definition) is 0. The molecule has 0 spiro atoms. The minimum absolute atomic E-state index is 0.229. The van der Waals surface area contributed by atoms with Gasteiger partial charge in [0, 0.05) is 10.6 Å². The molecular formula is C15H9ClF5. The summed E-state index contributed by atoms with van der Waals surface area (Å²) in [5, 5.41) is 0.323. The first kappa shape index (κ1) is 15.8. The Morgan fingerprint density at radius 1 is 1.05 bits per heavy atom. The molecule has 0 saturated carbocycles. The Morgan fingerprint density at radius 3 is 2.33 bits per heavy atom. The van der Waals surface area contributed by atoms with Gasteiger partial charge in [-0.15, -0.1) is 0 Å². The van der Waals surface area contributed by atoms with E-state index in [1.54, 1.807) is 6.92 Å². The van der Waals surface area contributed by atoms with E-state index in [9.17, 15) is 22.0 Å². The molecular weight excluding hydrogens is 311 g/mol. The van der Waals surface area contributed by atoms with Gasteiger partial charge in [0.05, 0.1) is 0 Å². The quantitative estimate of drug-likeness (QED) is 0.616. The molecule has 2 rings (SSSR count). The zero-order chi connectivity index (χ0) is 15.8. The van der Waals surface area contributed by atoms with Crippen molar-refractivity contribution in [2.45, 2.75) is 19.0 Å². The molecule has 0 aliphatic carbocycles. The normalized spacial score (nSPS) is 12.5. The van der Waals surface area contributed by atoms with E-state index in [0.29, 0.717) is 16.1 Å². The van der Waals surface area contributed by atoms with Crippen LogP contribution in [0.15, 0.2) is 36.4 Å². The maximum atomic E-state index is 13.4. The highest BCUT2D eigenvalue weighted by Gasteiger charge is 2.58. The monoisotopic (exact) mass is 319 g/mol. The van der Waals surface area contributed by atoms with E-state index in [0.717, 1.165) is 18.2 Å². The third kappa shape index (κ3) is 3.02. The third-order valence-electron chi connectivity index (χ3n) is 3.00. The molecule has 0 nitrogen and oxygen atoms in total. The summed E-state index contributed by atoms with van der Waals surface area (Å²) in [7, 11) is 0. The molecule has 0 aromatic heterocycles. The van der Waals surface area contributed by atoms with E-state index in [2.05, 4.69) is 6.07 Å². The smallest absolute Gasteiger partial charge is 0.191 e. The van der Waals surface area contributed by atoms with Crippen LogP contribution in [0, 0.1) is 13.0 Å². The second-order valence-electron chi connectivity index (χ2n) is 4.51. The van der Waals surface area contributed by atoms with E-state index < -0.39 is 17.7 Å². The summed E-state index contributed by atoms with van der Waals surface area (Å²) < 4.78 is 64.0. The van der Waals surface area contributed by atoms with Crippen LogP contribution in [0.3, 0.4) is 0 Å². The first-order chi connectivity index (χ1) is 9.63. The van der Waals surface area contributed by atoms with Gasteiger partial charge in [0.25, 0.3) is 0 Å². The van der Waals surface area contributed by atoms with Gasteiger partial charge in [-0.25, -0.2) is 0 Å². The SMILES string of the molecule is Cc1[c]cc(Cl)cc1-c1cccc(C(F)(F)C(F)(F)F)c1. The Balaban J connectivity index is 2.55. The van der Waals surface area contributed by atoms with Crippen molar-refractivity contribution in [2.75, 3.05) is 0 Å². The number of halogens is 6. The van der Waals surface area contributed by atoms with Gasteiger partial charge in [-0.2, -0.15) is 22.0 Å². The van der Waals surface area contributed by atoms with Crippen molar-refractivity contribution in [3.63, 3.8) is 0 Å². The standard InChI is InChI=1S/C15H9ClF5/c1-9-5-6-12(16)8-13(9)10-3-2-4-11(7-10)14(17,18)15(19,20)21/h2-4,6-8H,1H3. The lowest BCUT2D eigenvalue weighted by Gasteiger charge is -2.20. The molecule has 0 atom stereocenters. The molecule has 0 amide bonds. The topological polar surface area (TPSA) is 0 Å². The van der Waals surface area contributed by atoms with Crippen LogP contribution in [0.1, 0.15) is 11.1 Å². The highest BCUT2D eigenvalue weighted by molar-refractivity contribution is 6.30. The predicted molar refractivity (Wildman–Crippen MR) is 70.4 cm³/mol. The number of alkyl halides is 5. The van der Waals surface area contributed by atoms with Crippen LogP contribution in [-0.2, 0) is 5.92 Å². The van der Waals surface area contributed by atoms with Crippen LogP contribution >= 0.6 is 11.6 Å². The summed E-state index contributed by atoms with van der Waals surface area (Å²) in [5.41, 5.74) is 0.189. The average molecular weight is 320 g/mol. The van der Waals surface area contributed by atoms with Crippen LogP contribution in [0.2, 0.25) is 5.02 Å². The molecule has 0 aliphatic rings. The fourth-order valence-corrected chi connectivity index (χ4v) is 2.05. The average Bonchev–Trinajstić information content (AvgIpc) is 2.40. The fourth-order valence-electron chi connectivity index (χ4n) is 1.89. The van der Waals surface area contributed by atoms with Crippen LogP contribution in [0.5, 0.6) is 0 Å². The summed E-state index contributed by atoms with van der Waals surface area (Å²) in [6.07, 6.45) is -5.64. The minimum Gasteiger partial charge on any atom is -0.191 e. The van der Waals surface area contributed by atoms with E-state index in [4.69, 9.17) is 11.6 Å². The van der Waals surface area contributed by atoms with Crippen molar-refractivity contribution in [2.24, 2.45) is 0 Å². The molecule has 0 heterocycles. The Hall–Kier alpha value is -1.62. The van der Waals surface area contributed by atoms with Crippen molar-refractivity contribution in [1.29, 1.82) is 0 Å². The van der Waals surface area contributed by atoms with Crippen molar-refractivity contribution in [3.05, 3.63) is 58.6 Å². The lowest BCUT2D eigenvalue weighted by Crippen LogP contribution is -2.33. The van der Waals surface area contributed by atoms with Crippen LogP contribution in [-0.4, -0.2) is 6.18 Å². The van der Waals surface area contributed by atoms with Gasteiger partial charge >= 0.3 is 12.1 Å². The number of aryl methyl sites for hydroxylation is 1. The molecule has 21 heavy (non-hydrogen) atoms. The molecule has 0 fully saturated rings. The van der Waals surface area contributed by atoms with E-state index >= 15 is 0 Å². The first-order valence-electron chi connectivity index (χ1n) is 5.86. The zero-order valence-electron chi connectivity index (χ0n) is 10.7. The van der Waals surface area contributed by atoms with Gasteiger partial charge in [0.2, 0.25) is 0 Å². The molecule has 1 radical (unpaired) electrons. The molecule has 0 bridgehead atoms. The van der Waals surface area contributed by atoms with E-state index in [1.807, 2.05) is 0 Å². The molecule has 111 valence electrons. The lowest BCUT2D eigenvalue weighted by molar-refractivity contribution is -0.289. The number of rotatable bonds is 2. The second kappa shape index (κ2) is 5.30. The van der Waals surface area contributed by atoms with Gasteiger partial charge in [0.15, 0.2) is 0 Å². The first-order valence-corrected chi connectivity index (χ1v) is 6.24. The zero-order valence-corrected chi connectivity index (χ0v) is 11.5. The maximum absolute atomic E-state index is 13.4. The Bertz CT molecular complexity index is 661. The Morgan fingerprint density at radius 2 is 1.71 bits per heavy atom. The lowest BCUT2D eigenvalue weighted by atomic mass is 9.97.